The number of hydrogen-bond donors (Lipinski definition) is 1. The smallest absolute Gasteiger partial charge is 0.219 e. The molecular weight excluding hydrogens is 252 g/mol. The van der Waals surface area contributed by atoms with Gasteiger partial charge in [-0.05, 0) is 37.0 Å². The Morgan fingerprint density at radius 2 is 2.00 bits per heavy atom. The second kappa shape index (κ2) is 4.48. The van der Waals surface area contributed by atoms with Gasteiger partial charge in [0.1, 0.15) is 5.75 Å². The van der Waals surface area contributed by atoms with Crippen molar-refractivity contribution < 1.29 is 9.53 Å². The molecule has 4 nitrogen and oxygen atoms in total. The van der Waals surface area contributed by atoms with Crippen molar-refractivity contribution in [1.82, 2.24) is 4.90 Å². The van der Waals surface area contributed by atoms with Gasteiger partial charge in [0.2, 0.25) is 5.91 Å². The third kappa shape index (κ3) is 1.82. The highest BCUT2D eigenvalue weighted by Crippen LogP contribution is 2.57. The van der Waals surface area contributed by atoms with Gasteiger partial charge in [-0.3, -0.25) is 4.79 Å². The zero-order chi connectivity index (χ0) is 14.6. The highest BCUT2D eigenvalue weighted by molar-refractivity contribution is 5.75. The number of fused-ring (bicyclic) bond motifs is 1. The summed E-state index contributed by atoms with van der Waals surface area (Å²) in [4.78, 5) is 13.8. The molecule has 0 bridgehead atoms. The number of aryl methyl sites for hydroxylation is 2. The fraction of sp³-hybridized carbons (Fsp3) is 0.562. The summed E-state index contributed by atoms with van der Waals surface area (Å²) in [7, 11) is 1.69. The average molecular weight is 274 g/mol. The normalized spacial score (nSPS) is 31.1. The minimum atomic E-state index is 0.0711. The first-order valence-corrected chi connectivity index (χ1v) is 7.13. The number of nitrogens with two attached hydrogens (primary N) is 1. The Labute approximate surface area is 119 Å². The molecule has 1 heterocycles. The lowest BCUT2D eigenvalue weighted by Gasteiger charge is -2.29. The van der Waals surface area contributed by atoms with Crippen molar-refractivity contribution in [3.63, 3.8) is 0 Å². The third-order valence-electron chi connectivity index (χ3n) is 4.97. The molecule has 3 rings (SSSR count). The second-order valence-electron chi connectivity index (χ2n) is 6.11. The summed E-state index contributed by atoms with van der Waals surface area (Å²) < 4.78 is 5.54. The number of carbonyl (C=O) groups excluding carboxylic acids is 1. The van der Waals surface area contributed by atoms with E-state index in [1.54, 1.807) is 14.0 Å². The first-order chi connectivity index (χ1) is 9.45. The molecule has 4 unspecified atom stereocenters. The molecule has 1 aromatic rings. The standard InChI is InChI=1S/C16H22N2O2/c1-8-5-11(13(20-4)6-9(8)2)16-14-12(15(14)17)7-18(16)10(3)19/h5-6,12,14-16H,7,17H2,1-4H3. The van der Waals surface area contributed by atoms with Gasteiger partial charge in [-0.2, -0.15) is 0 Å². The summed E-state index contributed by atoms with van der Waals surface area (Å²) in [5, 5.41) is 0. The van der Waals surface area contributed by atoms with Crippen molar-refractivity contribution in [3.8, 4) is 5.75 Å². The number of carbonyl (C=O) groups is 1. The molecule has 4 atom stereocenters. The molecule has 0 spiro atoms. The van der Waals surface area contributed by atoms with Crippen LogP contribution in [0.5, 0.6) is 5.75 Å². The number of nitrogens with zero attached hydrogens (tertiary/aromatic N) is 1. The molecule has 2 fully saturated rings. The van der Waals surface area contributed by atoms with E-state index in [2.05, 4.69) is 26.0 Å². The number of rotatable bonds is 2. The van der Waals surface area contributed by atoms with Crippen LogP contribution in [-0.4, -0.2) is 30.5 Å². The quantitative estimate of drug-likeness (QED) is 0.894. The van der Waals surface area contributed by atoms with Crippen LogP contribution in [0.2, 0.25) is 0 Å². The number of piperidine rings is 1. The van der Waals surface area contributed by atoms with Gasteiger partial charge in [-0.15, -0.1) is 0 Å². The van der Waals surface area contributed by atoms with Gasteiger partial charge in [0, 0.05) is 31.0 Å². The number of benzene rings is 1. The van der Waals surface area contributed by atoms with Gasteiger partial charge in [-0.1, -0.05) is 6.07 Å². The lowest BCUT2D eigenvalue weighted by atomic mass is 9.96. The van der Waals surface area contributed by atoms with E-state index in [1.165, 1.54) is 11.1 Å². The summed E-state index contributed by atoms with van der Waals surface area (Å²) in [6.07, 6.45) is 0. The number of hydrogen-bond acceptors (Lipinski definition) is 3. The van der Waals surface area contributed by atoms with Gasteiger partial charge in [0.05, 0.1) is 13.2 Å². The van der Waals surface area contributed by atoms with Gasteiger partial charge >= 0.3 is 0 Å². The van der Waals surface area contributed by atoms with E-state index in [1.807, 2.05) is 4.90 Å². The van der Waals surface area contributed by atoms with E-state index in [0.29, 0.717) is 11.8 Å². The van der Waals surface area contributed by atoms with Crippen LogP contribution in [0.25, 0.3) is 0 Å². The molecule has 2 aliphatic rings. The Morgan fingerprint density at radius 3 is 2.60 bits per heavy atom. The molecule has 108 valence electrons. The Bertz CT molecular complexity index is 570. The zero-order valence-electron chi connectivity index (χ0n) is 12.5. The van der Waals surface area contributed by atoms with Crippen LogP contribution in [0.15, 0.2) is 12.1 Å². The predicted molar refractivity (Wildman–Crippen MR) is 77.6 cm³/mol. The molecule has 1 amide bonds. The zero-order valence-corrected chi connectivity index (χ0v) is 12.5. The van der Waals surface area contributed by atoms with E-state index >= 15 is 0 Å². The van der Waals surface area contributed by atoms with Gasteiger partial charge in [0.15, 0.2) is 0 Å². The van der Waals surface area contributed by atoms with E-state index in [4.69, 9.17) is 10.5 Å². The second-order valence-corrected chi connectivity index (χ2v) is 6.11. The minimum absolute atomic E-state index is 0.0711. The van der Waals surface area contributed by atoms with Gasteiger partial charge in [0.25, 0.3) is 0 Å². The van der Waals surface area contributed by atoms with E-state index in [-0.39, 0.29) is 18.0 Å². The number of amides is 1. The molecule has 20 heavy (non-hydrogen) atoms. The summed E-state index contributed by atoms with van der Waals surface area (Å²) >= 11 is 0. The number of ether oxygens (including phenoxy) is 1. The molecule has 2 N–H and O–H groups in total. The van der Waals surface area contributed by atoms with Crippen molar-refractivity contribution in [1.29, 1.82) is 0 Å². The largest absolute Gasteiger partial charge is 0.496 e. The van der Waals surface area contributed by atoms with Gasteiger partial charge < -0.3 is 15.4 Å². The molecule has 1 aliphatic heterocycles. The van der Waals surface area contributed by atoms with E-state index < -0.39 is 0 Å². The minimum Gasteiger partial charge on any atom is -0.496 e. The van der Waals surface area contributed by atoms with Crippen LogP contribution >= 0.6 is 0 Å². The molecule has 1 saturated carbocycles. The van der Waals surface area contributed by atoms with Crippen LogP contribution in [0.4, 0.5) is 0 Å². The Hall–Kier alpha value is -1.55. The van der Waals surface area contributed by atoms with Crippen LogP contribution < -0.4 is 10.5 Å². The first kappa shape index (κ1) is 13.4. The lowest BCUT2D eigenvalue weighted by Crippen LogP contribution is -2.35. The fourth-order valence-corrected chi connectivity index (χ4v) is 3.58. The van der Waals surface area contributed by atoms with Crippen LogP contribution in [0, 0.1) is 25.7 Å². The van der Waals surface area contributed by atoms with E-state index in [0.717, 1.165) is 17.9 Å². The lowest BCUT2D eigenvalue weighted by molar-refractivity contribution is -0.130. The molecule has 1 aliphatic carbocycles. The van der Waals surface area contributed by atoms with Crippen LogP contribution in [0.1, 0.15) is 29.7 Å². The summed E-state index contributed by atoms with van der Waals surface area (Å²) in [5.74, 6) is 1.82. The molecule has 1 aromatic carbocycles. The predicted octanol–water partition coefficient (Wildman–Crippen LogP) is 1.79. The maximum atomic E-state index is 11.9. The maximum absolute atomic E-state index is 11.9. The van der Waals surface area contributed by atoms with Crippen molar-refractivity contribution in [2.75, 3.05) is 13.7 Å². The topological polar surface area (TPSA) is 55.6 Å². The first-order valence-electron chi connectivity index (χ1n) is 7.13. The third-order valence-corrected chi connectivity index (χ3v) is 4.97. The van der Waals surface area contributed by atoms with Crippen molar-refractivity contribution in [2.24, 2.45) is 17.6 Å². The van der Waals surface area contributed by atoms with Gasteiger partial charge in [-0.25, -0.2) is 0 Å². The Kier molecular flexibility index (Phi) is 3.01. The monoisotopic (exact) mass is 274 g/mol. The Morgan fingerprint density at radius 1 is 1.35 bits per heavy atom. The van der Waals surface area contributed by atoms with Crippen LogP contribution in [0.3, 0.4) is 0 Å². The van der Waals surface area contributed by atoms with E-state index in [9.17, 15) is 4.79 Å². The fourth-order valence-electron chi connectivity index (χ4n) is 3.58. The SMILES string of the molecule is COc1cc(C)c(C)cc1C1C2C(N)C2CN1C(C)=O. The van der Waals surface area contributed by atoms with Crippen molar-refractivity contribution in [3.05, 3.63) is 28.8 Å². The molecule has 0 radical (unpaired) electrons. The molecular formula is C16H22N2O2. The number of likely N-dealkylation sites (tertiary alicyclic amines) is 1. The summed E-state index contributed by atoms with van der Waals surface area (Å²) in [6, 6.07) is 4.51. The molecule has 4 heteroatoms. The number of methoxy groups -OCH3 is 1. The van der Waals surface area contributed by atoms with Crippen molar-refractivity contribution >= 4 is 5.91 Å². The maximum Gasteiger partial charge on any atom is 0.219 e. The van der Waals surface area contributed by atoms with Crippen molar-refractivity contribution in [2.45, 2.75) is 32.9 Å². The summed E-state index contributed by atoms with van der Waals surface area (Å²) in [5.41, 5.74) is 9.67. The summed E-state index contributed by atoms with van der Waals surface area (Å²) in [6.45, 7) is 6.58. The highest BCUT2D eigenvalue weighted by atomic mass is 16.5. The Balaban J connectivity index is 2.06. The molecule has 1 saturated heterocycles. The molecule has 0 aromatic heterocycles. The highest BCUT2D eigenvalue weighted by Gasteiger charge is 2.61. The average Bonchev–Trinajstić information content (AvgIpc) is 2.87. The van der Waals surface area contributed by atoms with Crippen LogP contribution in [-0.2, 0) is 4.79 Å².